The highest BCUT2D eigenvalue weighted by molar-refractivity contribution is 7.89. The van der Waals surface area contributed by atoms with Crippen LogP contribution >= 0.6 is 0 Å². The molecular weight excluding hydrogens is 278 g/mol. The van der Waals surface area contributed by atoms with Crippen LogP contribution in [0.25, 0.3) is 0 Å². The molecule has 0 aliphatic carbocycles. The number of hydrogen-bond acceptors (Lipinski definition) is 4. The molecule has 0 aromatic heterocycles. The Balaban J connectivity index is 3.15. The van der Waals surface area contributed by atoms with Crippen LogP contribution in [0.4, 0.5) is 0 Å². The topological polar surface area (TPSA) is 63.7 Å². The number of ether oxygens (including phenoxy) is 1. The third-order valence-corrected chi connectivity index (χ3v) is 4.78. The van der Waals surface area contributed by atoms with Gasteiger partial charge in [0, 0.05) is 13.6 Å². The molecule has 0 atom stereocenters. The lowest BCUT2D eigenvalue weighted by atomic mass is 10.2. The van der Waals surface area contributed by atoms with E-state index in [-0.39, 0.29) is 23.0 Å². The summed E-state index contributed by atoms with van der Waals surface area (Å²) >= 11 is 0. The fourth-order valence-electron chi connectivity index (χ4n) is 1.52. The summed E-state index contributed by atoms with van der Waals surface area (Å²) in [6, 6.07) is 6.11. The van der Waals surface area contributed by atoms with E-state index in [1.807, 2.05) is 13.8 Å². The lowest BCUT2D eigenvalue weighted by molar-refractivity contribution is 0.0454. The molecule has 0 aliphatic heterocycles. The summed E-state index contributed by atoms with van der Waals surface area (Å²) in [5.74, 6) is -0.414. The second-order valence-electron chi connectivity index (χ2n) is 4.91. The summed E-state index contributed by atoms with van der Waals surface area (Å²) < 4.78 is 31.0. The van der Waals surface area contributed by atoms with Crippen molar-refractivity contribution in [3.05, 3.63) is 29.8 Å². The highest BCUT2D eigenvalue weighted by atomic mass is 32.2. The van der Waals surface area contributed by atoms with Gasteiger partial charge in [-0.1, -0.05) is 32.9 Å². The van der Waals surface area contributed by atoms with Crippen molar-refractivity contribution >= 4 is 16.0 Å². The molecule has 5 nitrogen and oxygen atoms in total. The van der Waals surface area contributed by atoms with E-state index in [0.29, 0.717) is 6.54 Å². The Bertz CT molecular complexity index is 566. The zero-order valence-corrected chi connectivity index (χ0v) is 13.1. The van der Waals surface area contributed by atoms with Crippen molar-refractivity contribution in [3.63, 3.8) is 0 Å². The maximum absolute atomic E-state index is 12.3. The first kappa shape index (κ1) is 16.7. The molecule has 0 unspecified atom stereocenters. The highest BCUT2D eigenvalue weighted by Crippen LogP contribution is 2.20. The van der Waals surface area contributed by atoms with E-state index in [4.69, 9.17) is 4.74 Å². The molecule has 1 aromatic rings. The Hall–Kier alpha value is -1.40. The molecule has 20 heavy (non-hydrogen) atoms. The molecule has 0 saturated carbocycles. The Morgan fingerprint density at radius 1 is 1.30 bits per heavy atom. The fourth-order valence-corrected chi connectivity index (χ4v) is 2.87. The monoisotopic (exact) mass is 299 g/mol. The minimum atomic E-state index is -3.67. The van der Waals surface area contributed by atoms with E-state index in [1.165, 1.54) is 23.5 Å². The lowest BCUT2D eigenvalue weighted by Crippen LogP contribution is -2.28. The van der Waals surface area contributed by atoms with Crippen molar-refractivity contribution in [2.24, 2.45) is 5.92 Å². The first-order valence-electron chi connectivity index (χ1n) is 6.53. The summed E-state index contributed by atoms with van der Waals surface area (Å²) in [7, 11) is -2.19. The van der Waals surface area contributed by atoms with Crippen LogP contribution in [0.2, 0.25) is 0 Å². The standard InChI is InChI=1S/C14H21NO4S/c1-5-15(4)20(17,18)13-9-7-6-8-12(13)14(16)19-10-11(2)3/h6-9,11H,5,10H2,1-4H3. The number of esters is 1. The SMILES string of the molecule is CCN(C)S(=O)(=O)c1ccccc1C(=O)OCC(C)C. The van der Waals surface area contributed by atoms with Gasteiger partial charge >= 0.3 is 5.97 Å². The predicted octanol–water partition coefficient (Wildman–Crippen LogP) is 2.14. The molecule has 0 radical (unpaired) electrons. The van der Waals surface area contributed by atoms with Gasteiger partial charge in [-0.15, -0.1) is 0 Å². The van der Waals surface area contributed by atoms with Crippen molar-refractivity contribution in [2.75, 3.05) is 20.2 Å². The maximum atomic E-state index is 12.3. The van der Waals surface area contributed by atoms with Gasteiger partial charge in [0.2, 0.25) is 10.0 Å². The Kier molecular flexibility index (Phi) is 5.71. The van der Waals surface area contributed by atoms with Gasteiger partial charge in [-0.2, -0.15) is 0 Å². The van der Waals surface area contributed by atoms with Crippen molar-refractivity contribution in [1.82, 2.24) is 4.31 Å². The summed E-state index contributed by atoms with van der Waals surface area (Å²) in [5.41, 5.74) is 0.0773. The quantitative estimate of drug-likeness (QED) is 0.755. The van der Waals surface area contributed by atoms with Crippen LogP contribution in [0.1, 0.15) is 31.1 Å². The van der Waals surface area contributed by atoms with E-state index < -0.39 is 16.0 Å². The molecule has 0 N–H and O–H groups in total. The van der Waals surface area contributed by atoms with Gasteiger partial charge in [-0.05, 0) is 18.1 Å². The van der Waals surface area contributed by atoms with Crippen molar-refractivity contribution < 1.29 is 17.9 Å². The largest absolute Gasteiger partial charge is 0.462 e. The molecule has 6 heteroatoms. The predicted molar refractivity (Wildman–Crippen MR) is 77.1 cm³/mol. The van der Waals surface area contributed by atoms with Crippen LogP contribution in [-0.2, 0) is 14.8 Å². The zero-order valence-electron chi connectivity index (χ0n) is 12.3. The first-order valence-corrected chi connectivity index (χ1v) is 7.97. The molecule has 0 saturated heterocycles. The van der Waals surface area contributed by atoms with E-state index in [9.17, 15) is 13.2 Å². The highest BCUT2D eigenvalue weighted by Gasteiger charge is 2.26. The lowest BCUT2D eigenvalue weighted by Gasteiger charge is -2.17. The molecule has 0 amide bonds. The second kappa shape index (κ2) is 6.85. The van der Waals surface area contributed by atoms with E-state index in [0.717, 1.165) is 0 Å². The summed E-state index contributed by atoms with van der Waals surface area (Å²) in [6.45, 7) is 6.16. The Labute approximate surface area is 120 Å². The fraction of sp³-hybridized carbons (Fsp3) is 0.500. The van der Waals surface area contributed by atoms with E-state index in [1.54, 1.807) is 19.1 Å². The molecule has 1 rings (SSSR count). The van der Waals surface area contributed by atoms with Crippen LogP contribution < -0.4 is 0 Å². The average Bonchev–Trinajstić information content (AvgIpc) is 2.43. The summed E-state index contributed by atoms with van der Waals surface area (Å²) in [5, 5.41) is 0. The van der Waals surface area contributed by atoms with Crippen LogP contribution in [0, 0.1) is 5.92 Å². The molecule has 0 heterocycles. The van der Waals surface area contributed by atoms with E-state index in [2.05, 4.69) is 0 Å². The molecule has 0 aliphatic rings. The Morgan fingerprint density at radius 2 is 1.90 bits per heavy atom. The maximum Gasteiger partial charge on any atom is 0.339 e. The average molecular weight is 299 g/mol. The molecule has 1 aromatic carbocycles. The summed E-state index contributed by atoms with van der Waals surface area (Å²) in [4.78, 5) is 12.0. The third-order valence-electron chi connectivity index (χ3n) is 2.79. The first-order chi connectivity index (χ1) is 9.30. The number of carbonyl (C=O) groups excluding carboxylic acids is 1. The third kappa shape index (κ3) is 3.80. The Morgan fingerprint density at radius 3 is 2.45 bits per heavy atom. The van der Waals surface area contributed by atoms with Crippen molar-refractivity contribution in [3.8, 4) is 0 Å². The van der Waals surface area contributed by atoms with Gasteiger partial charge in [0.05, 0.1) is 17.1 Å². The molecule has 0 spiro atoms. The number of sulfonamides is 1. The zero-order chi connectivity index (χ0) is 15.3. The van der Waals surface area contributed by atoms with Gasteiger partial charge in [0.25, 0.3) is 0 Å². The van der Waals surface area contributed by atoms with Crippen LogP contribution in [0.5, 0.6) is 0 Å². The van der Waals surface area contributed by atoms with Crippen LogP contribution in [0.15, 0.2) is 29.2 Å². The number of nitrogens with zero attached hydrogens (tertiary/aromatic N) is 1. The molecule has 112 valence electrons. The molecule has 0 bridgehead atoms. The number of carbonyl (C=O) groups is 1. The van der Waals surface area contributed by atoms with Crippen LogP contribution in [0.3, 0.4) is 0 Å². The van der Waals surface area contributed by atoms with Crippen LogP contribution in [-0.4, -0.2) is 38.9 Å². The number of benzene rings is 1. The molecule has 0 fully saturated rings. The van der Waals surface area contributed by atoms with Gasteiger partial charge in [-0.25, -0.2) is 17.5 Å². The smallest absolute Gasteiger partial charge is 0.339 e. The second-order valence-corrected chi connectivity index (χ2v) is 6.92. The van der Waals surface area contributed by atoms with Crippen molar-refractivity contribution in [2.45, 2.75) is 25.7 Å². The minimum Gasteiger partial charge on any atom is -0.462 e. The molecular formula is C14H21NO4S. The minimum absolute atomic E-state index is 0.0156. The number of hydrogen-bond donors (Lipinski definition) is 0. The summed E-state index contributed by atoms with van der Waals surface area (Å²) in [6.07, 6.45) is 0. The van der Waals surface area contributed by atoms with Gasteiger partial charge in [-0.3, -0.25) is 0 Å². The van der Waals surface area contributed by atoms with Gasteiger partial charge in [0.1, 0.15) is 0 Å². The normalized spacial score (nSPS) is 11.9. The van der Waals surface area contributed by atoms with Gasteiger partial charge in [0.15, 0.2) is 0 Å². The van der Waals surface area contributed by atoms with E-state index >= 15 is 0 Å². The van der Waals surface area contributed by atoms with Crippen molar-refractivity contribution in [1.29, 1.82) is 0 Å². The number of rotatable bonds is 6. The van der Waals surface area contributed by atoms with Gasteiger partial charge < -0.3 is 4.74 Å².